The quantitative estimate of drug-likeness (QED) is 0.626. The van der Waals surface area contributed by atoms with Crippen molar-refractivity contribution in [2.75, 3.05) is 11.5 Å². The van der Waals surface area contributed by atoms with Crippen LogP contribution in [0.25, 0.3) is 4.91 Å². The van der Waals surface area contributed by atoms with Gasteiger partial charge in [-0.05, 0) is 6.07 Å². The summed E-state index contributed by atoms with van der Waals surface area (Å²) in [7, 11) is -3.38. The minimum atomic E-state index is -3.38. The lowest BCUT2D eigenvalue weighted by Gasteiger charge is -2.08. The topological polar surface area (TPSA) is 60.2 Å². The van der Waals surface area contributed by atoms with Crippen LogP contribution < -0.4 is 5.73 Å². The molecule has 0 aromatic heterocycles. The molecular formula is C11H13NO2S. The Morgan fingerprint density at radius 1 is 1.40 bits per heavy atom. The first-order valence-electron chi connectivity index (χ1n) is 4.36. The van der Waals surface area contributed by atoms with Crippen molar-refractivity contribution < 1.29 is 8.42 Å². The highest BCUT2D eigenvalue weighted by atomic mass is 32.2. The summed E-state index contributed by atoms with van der Waals surface area (Å²) in [6.07, 6.45) is 1.33. The molecule has 1 aromatic carbocycles. The molecule has 0 unspecified atom stereocenters. The average molecular weight is 223 g/mol. The summed E-state index contributed by atoms with van der Waals surface area (Å²) in [6.45, 7) is 6.95. The maximum Gasteiger partial charge on any atom is 0.181 e. The summed E-state index contributed by atoms with van der Waals surface area (Å²) >= 11 is 0. The number of rotatable bonds is 4. The molecule has 0 spiro atoms. The van der Waals surface area contributed by atoms with Crippen molar-refractivity contribution in [1.29, 1.82) is 0 Å². The summed E-state index contributed by atoms with van der Waals surface area (Å²) in [5.41, 5.74) is 6.53. The number of benzene rings is 1. The molecule has 0 aliphatic heterocycles. The van der Waals surface area contributed by atoms with Gasteiger partial charge in [0.25, 0.3) is 0 Å². The molecule has 0 saturated heterocycles. The molecule has 1 rings (SSSR count). The molecule has 4 heteroatoms. The van der Waals surface area contributed by atoms with Gasteiger partial charge in [0.05, 0.1) is 10.7 Å². The van der Waals surface area contributed by atoms with Crippen molar-refractivity contribution in [1.82, 2.24) is 0 Å². The second-order valence-electron chi connectivity index (χ2n) is 3.08. The van der Waals surface area contributed by atoms with Crippen LogP contribution in [0.5, 0.6) is 0 Å². The van der Waals surface area contributed by atoms with E-state index in [0.29, 0.717) is 11.3 Å². The summed E-state index contributed by atoms with van der Waals surface area (Å²) < 4.78 is 23.3. The first-order chi connectivity index (χ1) is 6.99. The number of hydrogen-bond donors (Lipinski definition) is 1. The highest BCUT2D eigenvalue weighted by Crippen LogP contribution is 2.24. The molecule has 0 aliphatic carbocycles. The molecule has 1 aromatic rings. The van der Waals surface area contributed by atoms with Gasteiger partial charge in [0, 0.05) is 11.3 Å². The van der Waals surface area contributed by atoms with Gasteiger partial charge in [-0.15, -0.1) is 6.58 Å². The van der Waals surface area contributed by atoms with Crippen LogP contribution in [-0.2, 0) is 9.84 Å². The minimum absolute atomic E-state index is 0.0421. The Kier molecular flexibility index (Phi) is 3.31. The van der Waals surface area contributed by atoms with Crippen molar-refractivity contribution in [2.45, 2.75) is 0 Å². The normalized spacial score (nSPS) is 10.9. The van der Waals surface area contributed by atoms with Crippen molar-refractivity contribution in [2.24, 2.45) is 0 Å². The van der Waals surface area contributed by atoms with E-state index in [9.17, 15) is 8.42 Å². The van der Waals surface area contributed by atoms with E-state index in [1.165, 1.54) is 6.08 Å². The summed E-state index contributed by atoms with van der Waals surface area (Å²) in [5.74, 6) is -0.125. The lowest BCUT2D eigenvalue weighted by molar-refractivity contribution is 0.608. The Morgan fingerprint density at radius 3 is 2.53 bits per heavy atom. The van der Waals surface area contributed by atoms with Crippen LogP contribution in [-0.4, -0.2) is 14.2 Å². The highest BCUT2D eigenvalue weighted by molar-refractivity contribution is 8.00. The van der Waals surface area contributed by atoms with Crippen molar-refractivity contribution in [3.05, 3.63) is 49.1 Å². The highest BCUT2D eigenvalue weighted by Gasteiger charge is 2.17. The van der Waals surface area contributed by atoms with E-state index in [1.807, 2.05) is 0 Å². The maximum absolute atomic E-state index is 11.7. The monoisotopic (exact) mass is 223 g/mol. The van der Waals surface area contributed by atoms with E-state index in [0.717, 1.165) is 0 Å². The second kappa shape index (κ2) is 4.31. The van der Waals surface area contributed by atoms with Gasteiger partial charge in [-0.2, -0.15) is 0 Å². The first-order valence-corrected chi connectivity index (χ1v) is 6.01. The molecular weight excluding hydrogens is 210 g/mol. The second-order valence-corrected chi connectivity index (χ2v) is 5.14. The van der Waals surface area contributed by atoms with Crippen LogP contribution in [0.4, 0.5) is 5.69 Å². The fourth-order valence-corrected chi connectivity index (χ4v) is 2.21. The van der Waals surface area contributed by atoms with Gasteiger partial charge in [0.2, 0.25) is 0 Å². The molecule has 0 atom stereocenters. The Labute approximate surface area is 89.8 Å². The molecule has 2 N–H and O–H groups in total. The predicted molar refractivity (Wildman–Crippen MR) is 63.9 cm³/mol. The third-order valence-electron chi connectivity index (χ3n) is 1.97. The van der Waals surface area contributed by atoms with Gasteiger partial charge in [-0.25, -0.2) is 8.42 Å². The summed E-state index contributed by atoms with van der Waals surface area (Å²) in [5, 5.41) is 0. The Balaban J connectivity index is 3.16. The predicted octanol–water partition coefficient (Wildman–Crippen LogP) is 1.84. The molecule has 0 fully saturated rings. The molecule has 0 aliphatic rings. The van der Waals surface area contributed by atoms with Crippen LogP contribution >= 0.6 is 0 Å². The van der Waals surface area contributed by atoms with Crippen LogP contribution in [0.2, 0.25) is 0 Å². The van der Waals surface area contributed by atoms with Gasteiger partial charge >= 0.3 is 0 Å². The van der Waals surface area contributed by atoms with Crippen LogP contribution in [0.1, 0.15) is 5.56 Å². The molecule has 0 saturated carbocycles. The van der Waals surface area contributed by atoms with Crippen LogP contribution in [0.3, 0.4) is 0 Å². The number of sulfone groups is 1. The number of anilines is 1. The van der Waals surface area contributed by atoms with E-state index < -0.39 is 9.84 Å². The molecule has 80 valence electrons. The Hall–Kier alpha value is -1.55. The van der Waals surface area contributed by atoms with E-state index in [-0.39, 0.29) is 10.7 Å². The number of para-hydroxylation sites is 1. The van der Waals surface area contributed by atoms with Gasteiger partial charge in [-0.1, -0.05) is 30.9 Å². The minimum Gasteiger partial charge on any atom is -0.398 e. The zero-order valence-electron chi connectivity index (χ0n) is 8.31. The largest absolute Gasteiger partial charge is 0.398 e. The molecule has 0 radical (unpaired) electrons. The smallest absolute Gasteiger partial charge is 0.181 e. The van der Waals surface area contributed by atoms with Gasteiger partial charge in [0.1, 0.15) is 0 Å². The SMILES string of the molecule is C=CCS(=O)(=O)C(=C)c1ccccc1N. The standard InChI is InChI=1S/C11H13NO2S/c1-3-8-15(13,14)9(2)10-6-4-5-7-11(10)12/h3-7H,1-2,8,12H2. The maximum atomic E-state index is 11.7. The zero-order chi connectivity index (χ0) is 11.5. The number of nitrogens with two attached hydrogens (primary N) is 1. The molecule has 3 nitrogen and oxygen atoms in total. The lowest BCUT2D eigenvalue weighted by atomic mass is 10.2. The third-order valence-corrected chi connectivity index (χ3v) is 3.62. The van der Waals surface area contributed by atoms with Crippen LogP contribution in [0.15, 0.2) is 43.5 Å². The lowest BCUT2D eigenvalue weighted by Crippen LogP contribution is -2.07. The van der Waals surface area contributed by atoms with E-state index in [1.54, 1.807) is 24.3 Å². The van der Waals surface area contributed by atoms with Gasteiger partial charge < -0.3 is 5.73 Å². The van der Waals surface area contributed by atoms with Crippen LogP contribution in [0, 0.1) is 0 Å². The van der Waals surface area contributed by atoms with Gasteiger partial charge in [-0.3, -0.25) is 0 Å². The molecule has 0 amide bonds. The molecule has 0 heterocycles. The molecule has 15 heavy (non-hydrogen) atoms. The first kappa shape index (κ1) is 11.5. The van der Waals surface area contributed by atoms with Crippen molar-refractivity contribution >= 4 is 20.4 Å². The number of nitrogen functional groups attached to an aromatic ring is 1. The van der Waals surface area contributed by atoms with E-state index in [2.05, 4.69) is 13.2 Å². The summed E-state index contributed by atoms with van der Waals surface area (Å²) in [4.78, 5) is 0.0421. The van der Waals surface area contributed by atoms with Crippen molar-refractivity contribution in [3.8, 4) is 0 Å². The number of hydrogen-bond acceptors (Lipinski definition) is 3. The van der Waals surface area contributed by atoms with E-state index in [4.69, 9.17) is 5.73 Å². The molecule has 0 bridgehead atoms. The fourth-order valence-electron chi connectivity index (χ4n) is 1.17. The fraction of sp³-hybridized carbons (Fsp3) is 0.0909. The average Bonchev–Trinajstić information content (AvgIpc) is 2.17. The third kappa shape index (κ3) is 2.47. The van der Waals surface area contributed by atoms with Gasteiger partial charge in [0.15, 0.2) is 9.84 Å². The Bertz CT molecular complexity index is 489. The van der Waals surface area contributed by atoms with E-state index >= 15 is 0 Å². The Morgan fingerprint density at radius 2 is 2.00 bits per heavy atom. The van der Waals surface area contributed by atoms with Crippen molar-refractivity contribution in [3.63, 3.8) is 0 Å². The zero-order valence-corrected chi connectivity index (χ0v) is 9.13. The summed E-state index contributed by atoms with van der Waals surface area (Å²) in [6, 6.07) is 6.74.